The minimum atomic E-state index is -0.978. The van der Waals surface area contributed by atoms with Crippen molar-refractivity contribution in [3.8, 4) is 6.07 Å². The van der Waals surface area contributed by atoms with Crippen LogP contribution >= 0.6 is 0 Å². The fraction of sp³-hybridized carbons (Fsp3) is 0.900. The first-order valence-electron chi connectivity index (χ1n) is 9.92. The highest BCUT2D eigenvalue weighted by Gasteiger charge is 2.40. The number of nitriles is 1. The average Bonchev–Trinajstić information content (AvgIpc) is 3.15. The van der Waals surface area contributed by atoms with Gasteiger partial charge >= 0.3 is 0 Å². The maximum absolute atomic E-state index is 12.6. The Bertz CT molecular complexity index is 452. The zero-order chi connectivity index (χ0) is 19.7. The van der Waals surface area contributed by atoms with Crippen molar-refractivity contribution >= 4 is 5.91 Å². The average molecular weight is 370 g/mol. The third-order valence-corrected chi connectivity index (χ3v) is 5.72. The van der Waals surface area contributed by atoms with Gasteiger partial charge in [-0.1, -0.05) is 13.8 Å². The molecule has 0 aromatic heterocycles. The van der Waals surface area contributed by atoms with Crippen LogP contribution in [0, 0.1) is 29.1 Å². The summed E-state index contributed by atoms with van der Waals surface area (Å²) in [7, 11) is 1.86. The Morgan fingerprint density at radius 1 is 1.35 bits per heavy atom. The fourth-order valence-electron chi connectivity index (χ4n) is 4.33. The lowest BCUT2D eigenvalue weighted by atomic mass is 10.0. The Morgan fingerprint density at radius 3 is 2.31 bits per heavy atom. The molecule has 0 aliphatic heterocycles. The standard InChI is InChI=1S/C10H18FN3O.C10H18O/c1-3-9(6-12)14(10(15)7-13)5-4-8(2)11;1-7-3-8-5-10(11-2)6-9(8)4-7/h8-9H,3-5,7,13H2,1-2H3;7-10H,3-6H2,1-2H3/t;7?,8-,9+,10?. The molecule has 0 aromatic carbocycles. The Hall–Kier alpha value is -1.19. The number of rotatable bonds is 7. The van der Waals surface area contributed by atoms with Crippen molar-refractivity contribution in [3.63, 3.8) is 0 Å². The second-order valence-electron chi connectivity index (χ2n) is 7.84. The minimum absolute atomic E-state index is 0.140. The largest absolute Gasteiger partial charge is 0.381 e. The van der Waals surface area contributed by atoms with Crippen molar-refractivity contribution in [2.45, 2.75) is 77.6 Å². The molecule has 0 heterocycles. The van der Waals surface area contributed by atoms with E-state index in [0.717, 1.165) is 17.8 Å². The minimum Gasteiger partial charge on any atom is -0.381 e. The quantitative estimate of drug-likeness (QED) is 0.747. The molecule has 0 spiro atoms. The van der Waals surface area contributed by atoms with Crippen LogP contribution in [-0.2, 0) is 9.53 Å². The third kappa shape index (κ3) is 6.85. The van der Waals surface area contributed by atoms with Crippen LogP contribution in [0.1, 0.15) is 59.3 Å². The van der Waals surface area contributed by atoms with Crippen LogP contribution in [0.5, 0.6) is 0 Å². The summed E-state index contributed by atoms with van der Waals surface area (Å²) < 4.78 is 18.0. The summed E-state index contributed by atoms with van der Waals surface area (Å²) in [6, 6.07) is 1.52. The molecule has 4 unspecified atom stereocenters. The summed E-state index contributed by atoms with van der Waals surface area (Å²) in [5.74, 6) is 2.71. The van der Waals surface area contributed by atoms with Crippen LogP contribution in [0.4, 0.5) is 4.39 Å². The van der Waals surface area contributed by atoms with E-state index in [4.69, 9.17) is 15.7 Å². The van der Waals surface area contributed by atoms with Gasteiger partial charge in [0.15, 0.2) is 0 Å². The van der Waals surface area contributed by atoms with Crippen LogP contribution in [0.2, 0.25) is 0 Å². The highest BCUT2D eigenvalue weighted by molar-refractivity contribution is 5.78. The molecule has 2 aliphatic carbocycles. The summed E-state index contributed by atoms with van der Waals surface area (Å²) in [6.07, 6.45) is 5.99. The summed E-state index contributed by atoms with van der Waals surface area (Å²) >= 11 is 0. The number of nitrogens with two attached hydrogens (primary N) is 1. The number of halogens is 1. The van der Waals surface area contributed by atoms with E-state index in [9.17, 15) is 9.18 Å². The molecule has 150 valence electrons. The van der Waals surface area contributed by atoms with Gasteiger partial charge in [-0.3, -0.25) is 4.79 Å². The third-order valence-electron chi connectivity index (χ3n) is 5.72. The normalized spacial score (nSPS) is 29.1. The molecule has 6 atom stereocenters. The first kappa shape index (κ1) is 22.9. The number of fused-ring (bicyclic) bond motifs is 1. The Morgan fingerprint density at radius 2 is 1.92 bits per heavy atom. The van der Waals surface area contributed by atoms with E-state index in [1.54, 1.807) is 0 Å². The molecular weight excluding hydrogens is 333 g/mol. The molecule has 2 fully saturated rings. The first-order chi connectivity index (χ1) is 12.4. The van der Waals surface area contributed by atoms with Crippen molar-refractivity contribution in [2.75, 3.05) is 20.2 Å². The molecular formula is C20H36FN3O2. The van der Waals surface area contributed by atoms with Gasteiger partial charge in [0, 0.05) is 13.7 Å². The molecule has 1 amide bonds. The van der Waals surface area contributed by atoms with Crippen molar-refractivity contribution in [1.82, 2.24) is 4.90 Å². The number of hydrogen-bond donors (Lipinski definition) is 1. The van der Waals surface area contributed by atoms with Gasteiger partial charge in [0.1, 0.15) is 6.04 Å². The molecule has 0 bridgehead atoms. The molecule has 6 heteroatoms. The summed E-state index contributed by atoms with van der Waals surface area (Å²) in [5.41, 5.74) is 5.23. The molecule has 0 radical (unpaired) electrons. The lowest BCUT2D eigenvalue weighted by Crippen LogP contribution is -2.43. The Labute approximate surface area is 158 Å². The second kappa shape index (κ2) is 11.5. The molecule has 2 saturated carbocycles. The topological polar surface area (TPSA) is 79.4 Å². The monoisotopic (exact) mass is 369 g/mol. The predicted octanol–water partition coefficient (Wildman–Crippen LogP) is 3.28. The van der Waals surface area contributed by atoms with Crippen LogP contribution in [0.3, 0.4) is 0 Å². The van der Waals surface area contributed by atoms with Crippen molar-refractivity contribution in [1.29, 1.82) is 5.26 Å². The molecule has 26 heavy (non-hydrogen) atoms. The van der Waals surface area contributed by atoms with Crippen LogP contribution in [0.15, 0.2) is 0 Å². The van der Waals surface area contributed by atoms with E-state index in [-0.39, 0.29) is 25.4 Å². The van der Waals surface area contributed by atoms with Gasteiger partial charge < -0.3 is 15.4 Å². The number of methoxy groups -OCH3 is 1. The lowest BCUT2D eigenvalue weighted by Gasteiger charge is -2.26. The van der Waals surface area contributed by atoms with Crippen molar-refractivity contribution < 1.29 is 13.9 Å². The highest BCUT2D eigenvalue weighted by atomic mass is 19.1. The van der Waals surface area contributed by atoms with Crippen molar-refractivity contribution in [2.24, 2.45) is 23.5 Å². The Kier molecular flexibility index (Phi) is 10.1. The summed E-state index contributed by atoms with van der Waals surface area (Å²) in [5, 5.41) is 8.83. The smallest absolute Gasteiger partial charge is 0.237 e. The van der Waals surface area contributed by atoms with E-state index >= 15 is 0 Å². The maximum Gasteiger partial charge on any atom is 0.237 e. The zero-order valence-corrected chi connectivity index (χ0v) is 16.8. The number of carbonyl (C=O) groups excluding carboxylic acids is 1. The van der Waals surface area contributed by atoms with E-state index in [2.05, 4.69) is 6.92 Å². The van der Waals surface area contributed by atoms with E-state index in [0.29, 0.717) is 12.5 Å². The number of alkyl halides is 1. The molecule has 2 aliphatic rings. The van der Waals surface area contributed by atoms with Crippen LogP contribution in [0.25, 0.3) is 0 Å². The number of ether oxygens (including phenoxy) is 1. The van der Waals surface area contributed by atoms with Gasteiger partial charge in [-0.05, 0) is 63.2 Å². The van der Waals surface area contributed by atoms with Crippen molar-refractivity contribution in [3.05, 3.63) is 0 Å². The Balaban J connectivity index is 0.000000269. The van der Waals surface area contributed by atoms with Gasteiger partial charge in [0.2, 0.25) is 5.91 Å². The van der Waals surface area contributed by atoms with E-state index in [1.807, 2.05) is 20.1 Å². The van der Waals surface area contributed by atoms with Gasteiger partial charge in [-0.15, -0.1) is 0 Å². The van der Waals surface area contributed by atoms with Gasteiger partial charge in [-0.2, -0.15) is 5.26 Å². The second-order valence-corrected chi connectivity index (χ2v) is 7.84. The van der Waals surface area contributed by atoms with Gasteiger partial charge in [-0.25, -0.2) is 4.39 Å². The first-order valence-corrected chi connectivity index (χ1v) is 9.92. The molecule has 2 N–H and O–H groups in total. The molecule has 5 nitrogen and oxygen atoms in total. The summed E-state index contributed by atoms with van der Waals surface area (Å²) in [4.78, 5) is 12.8. The predicted molar refractivity (Wildman–Crippen MR) is 101 cm³/mol. The molecule has 2 rings (SSSR count). The molecule has 0 saturated heterocycles. The number of nitrogens with zero attached hydrogens (tertiary/aromatic N) is 2. The fourth-order valence-corrected chi connectivity index (χ4v) is 4.33. The van der Waals surface area contributed by atoms with Gasteiger partial charge in [0.05, 0.1) is 24.9 Å². The number of amides is 1. The highest BCUT2D eigenvalue weighted by Crippen LogP contribution is 2.47. The summed E-state index contributed by atoms with van der Waals surface area (Å²) in [6.45, 7) is 5.74. The molecule has 0 aromatic rings. The number of hydrogen-bond acceptors (Lipinski definition) is 4. The van der Waals surface area contributed by atoms with Crippen LogP contribution < -0.4 is 5.73 Å². The number of carbonyl (C=O) groups is 1. The van der Waals surface area contributed by atoms with E-state index < -0.39 is 12.2 Å². The van der Waals surface area contributed by atoms with E-state index in [1.165, 1.54) is 37.5 Å². The van der Waals surface area contributed by atoms with Gasteiger partial charge in [0.25, 0.3) is 0 Å². The zero-order valence-electron chi connectivity index (χ0n) is 16.8. The lowest BCUT2D eigenvalue weighted by molar-refractivity contribution is -0.131. The maximum atomic E-state index is 12.6. The SMILES string of the molecule is CCC(C#N)N(CCC(C)F)C(=O)CN.COC1C[C@H]2CC(C)C[C@H]2C1. The van der Waals surface area contributed by atoms with Crippen LogP contribution in [-0.4, -0.2) is 49.3 Å².